The molecule has 2 rings (SSSR count). The number of hydrogen-bond acceptors (Lipinski definition) is 3. The Morgan fingerprint density at radius 2 is 1.80 bits per heavy atom. The first-order valence-corrected chi connectivity index (χ1v) is 8.63. The monoisotopic (exact) mass is 343 g/mol. The summed E-state index contributed by atoms with van der Waals surface area (Å²) in [5, 5.41) is 13.7. The van der Waals surface area contributed by atoms with Crippen LogP contribution in [0.15, 0.2) is 36.4 Å². The van der Waals surface area contributed by atoms with E-state index < -0.39 is 5.97 Å². The van der Waals surface area contributed by atoms with Gasteiger partial charge in [-0.3, -0.25) is 9.59 Å². The van der Waals surface area contributed by atoms with Crippen LogP contribution in [0.5, 0.6) is 5.75 Å². The number of amides is 1. The van der Waals surface area contributed by atoms with Gasteiger partial charge in [-0.1, -0.05) is 30.3 Å². The highest BCUT2D eigenvalue weighted by atomic mass is 16.5. The van der Waals surface area contributed by atoms with Crippen LogP contribution in [0, 0.1) is 0 Å². The number of ether oxygens (including phenoxy) is 1. The average Bonchev–Trinajstić information content (AvgIpc) is 2.57. The first-order chi connectivity index (χ1) is 12.0. The molecule has 2 aromatic rings. The molecule has 0 saturated carbocycles. The zero-order chi connectivity index (χ0) is 18.2. The highest BCUT2D eigenvalue weighted by Crippen LogP contribution is 2.28. The van der Waals surface area contributed by atoms with Crippen LogP contribution in [0.2, 0.25) is 0 Å². The minimum absolute atomic E-state index is 0.0478. The minimum Gasteiger partial charge on any atom is -0.491 e. The lowest BCUT2D eigenvalue weighted by Crippen LogP contribution is -2.23. The van der Waals surface area contributed by atoms with Crippen molar-refractivity contribution in [1.29, 1.82) is 0 Å². The number of nitrogens with one attached hydrogen (secondary N) is 1. The molecule has 5 heteroatoms. The topological polar surface area (TPSA) is 75.6 Å². The van der Waals surface area contributed by atoms with E-state index in [-0.39, 0.29) is 18.4 Å². The lowest BCUT2D eigenvalue weighted by molar-refractivity contribution is -0.137. The van der Waals surface area contributed by atoms with Crippen molar-refractivity contribution < 1.29 is 19.4 Å². The maximum absolute atomic E-state index is 12.0. The Bertz CT molecular complexity index is 740. The molecule has 0 radical (unpaired) electrons. The Labute approximate surface area is 148 Å². The molecule has 0 fully saturated rings. The largest absolute Gasteiger partial charge is 0.491 e. The van der Waals surface area contributed by atoms with E-state index in [0.717, 1.165) is 22.1 Å². The van der Waals surface area contributed by atoms with Crippen molar-refractivity contribution in [2.24, 2.45) is 0 Å². The van der Waals surface area contributed by atoms with E-state index in [2.05, 4.69) is 5.32 Å². The molecule has 0 atom stereocenters. The molecule has 0 aromatic heterocycles. The smallest absolute Gasteiger partial charge is 0.303 e. The molecule has 0 aliphatic heterocycles. The normalized spacial score (nSPS) is 10.8. The molecule has 1 amide bonds. The Morgan fingerprint density at radius 1 is 1.08 bits per heavy atom. The predicted octanol–water partition coefficient (Wildman–Crippen LogP) is 3.89. The van der Waals surface area contributed by atoms with E-state index in [9.17, 15) is 9.59 Å². The van der Waals surface area contributed by atoms with Gasteiger partial charge >= 0.3 is 5.97 Å². The highest BCUT2D eigenvalue weighted by molar-refractivity contribution is 5.88. The Morgan fingerprint density at radius 3 is 2.52 bits per heavy atom. The predicted molar refractivity (Wildman–Crippen MR) is 97.7 cm³/mol. The number of carbonyl (C=O) groups is 2. The second-order valence-corrected chi connectivity index (χ2v) is 6.31. The van der Waals surface area contributed by atoms with E-state index in [4.69, 9.17) is 9.84 Å². The van der Waals surface area contributed by atoms with Crippen molar-refractivity contribution in [2.75, 3.05) is 0 Å². The Kier molecular flexibility index (Phi) is 6.81. The second-order valence-electron chi connectivity index (χ2n) is 6.31. The SMILES string of the molecule is CC(C)Oc1ccc2ccccc2c1CNC(=O)CCCCC(=O)O. The van der Waals surface area contributed by atoms with Crippen LogP contribution in [0.3, 0.4) is 0 Å². The molecule has 0 saturated heterocycles. The first-order valence-electron chi connectivity index (χ1n) is 8.63. The first kappa shape index (κ1) is 18.8. The van der Waals surface area contributed by atoms with Crippen LogP contribution in [0.25, 0.3) is 10.8 Å². The van der Waals surface area contributed by atoms with Gasteiger partial charge in [0.25, 0.3) is 0 Å². The van der Waals surface area contributed by atoms with Crippen molar-refractivity contribution in [3.63, 3.8) is 0 Å². The van der Waals surface area contributed by atoms with Crippen molar-refractivity contribution >= 4 is 22.6 Å². The van der Waals surface area contributed by atoms with E-state index in [0.29, 0.717) is 25.8 Å². The van der Waals surface area contributed by atoms with Crippen molar-refractivity contribution in [3.8, 4) is 5.75 Å². The zero-order valence-corrected chi connectivity index (χ0v) is 14.7. The van der Waals surface area contributed by atoms with Crippen LogP contribution in [-0.2, 0) is 16.1 Å². The average molecular weight is 343 g/mol. The molecule has 0 unspecified atom stereocenters. The van der Waals surface area contributed by atoms with Gasteiger partial charge in [-0.05, 0) is 43.5 Å². The quantitative estimate of drug-likeness (QED) is 0.677. The van der Waals surface area contributed by atoms with Gasteiger partial charge in [0, 0.05) is 24.9 Å². The number of hydrogen-bond donors (Lipinski definition) is 2. The Balaban J connectivity index is 2.05. The number of carbonyl (C=O) groups excluding carboxylic acids is 1. The summed E-state index contributed by atoms with van der Waals surface area (Å²) in [6.07, 6.45) is 1.56. The maximum atomic E-state index is 12.0. The van der Waals surface area contributed by atoms with Gasteiger partial charge in [0.1, 0.15) is 5.75 Å². The molecule has 2 aromatic carbocycles. The van der Waals surface area contributed by atoms with Gasteiger partial charge in [0.05, 0.1) is 6.10 Å². The van der Waals surface area contributed by atoms with Crippen LogP contribution in [-0.4, -0.2) is 23.1 Å². The second kappa shape index (κ2) is 9.06. The van der Waals surface area contributed by atoms with Gasteiger partial charge < -0.3 is 15.2 Å². The summed E-state index contributed by atoms with van der Waals surface area (Å²) >= 11 is 0. The molecule has 25 heavy (non-hydrogen) atoms. The third kappa shape index (κ3) is 5.78. The fourth-order valence-electron chi connectivity index (χ4n) is 2.70. The van der Waals surface area contributed by atoms with Gasteiger partial charge in [-0.2, -0.15) is 0 Å². The van der Waals surface area contributed by atoms with Crippen molar-refractivity contribution in [3.05, 3.63) is 42.0 Å². The summed E-state index contributed by atoms with van der Waals surface area (Å²) in [7, 11) is 0. The van der Waals surface area contributed by atoms with E-state index in [1.165, 1.54) is 0 Å². The van der Waals surface area contributed by atoms with E-state index in [1.54, 1.807) is 0 Å². The van der Waals surface area contributed by atoms with Crippen LogP contribution < -0.4 is 10.1 Å². The molecule has 0 aliphatic carbocycles. The standard InChI is InChI=1S/C20H25NO4/c1-14(2)25-18-12-11-15-7-3-4-8-16(15)17(18)13-21-19(22)9-5-6-10-20(23)24/h3-4,7-8,11-12,14H,5-6,9-10,13H2,1-2H3,(H,21,22)(H,23,24). The fourth-order valence-corrected chi connectivity index (χ4v) is 2.70. The Hall–Kier alpha value is -2.56. The van der Waals surface area contributed by atoms with E-state index >= 15 is 0 Å². The lowest BCUT2D eigenvalue weighted by Gasteiger charge is -2.17. The van der Waals surface area contributed by atoms with E-state index in [1.807, 2.05) is 50.2 Å². The molecule has 5 nitrogen and oxygen atoms in total. The summed E-state index contributed by atoms with van der Waals surface area (Å²) in [4.78, 5) is 22.5. The fraction of sp³-hybridized carbons (Fsp3) is 0.400. The summed E-state index contributed by atoms with van der Waals surface area (Å²) in [6, 6.07) is 12.0. The van der Waals surface area contributed by atoms with Crippen LogP contribution in [0.1, 0.15) is 45.1 Å². The van der Waals surface area contributed by atoms with Crippen LogP contribution >= 0.6 is 0 Å². The molecule has 0 aliphatic rings. The molecule has 0 heterocycles. The summed E-state index contributed by atoms with van der Waals surface area (Å²) in [6.45, 7) is 4.33. The summed E-state index contributed by atoms with van der Waals surface area (Å²) in [5.74, 6) is -0.125. The number of benzene rings is 2. The number of fused-ring (bicyclic) bond motifs is 1. The lowest BCUT2D eigenvalue weighted by atomic mass is 10.0. The molecule has 0 bridgehead atoms. The highest BCUT2D eigenvalue weighted by Gasteiger charge is 2.12. The molecular weight excluding hydrogens is 318 g/mol. The van der Waals surface area contributed by atoms with Crippen LogP contribution in [0.4, 0.5) is 0 Å². The van der Waals surface area contributed by atoms with Gasteiger partial charge in [-0.25, -0.2) is 0 Å². The van der Waals surface area contributed by atoms with Gasteiger partial charge in [0.2, 0.25) is 5.91 Å². The number of carboxylic acids is 1. The number of unbranched alkanes of at least 4 members (excludes halogenated alkanes) is 1. The molecular formula is C20H25NO4. The zero-order valence-electron chi connectivity index (χ0n) is 14.7. The summed E-state index contributed by atoms with van der Waals surface area (Å²) in [5.41, 5.74) is 0.964. The molecule has 134 valence electrons. The third-order valence-corrected chi connectivity index (χ3v) is 3.87. The van der Waals surface area contributed by atoms with Gasteiger partial charge in [0.15, 0.2) is 0 Å². The van der Waals surface area contributed by atoms with Gasteiger partial charge in [-0.15, -0.1) is 0 Å². The van der Waals surface area contributed by atoms with Crippen molar-refractivity contribution in [1.82, 2.24) is 5.32 Å². The molecule has 2 N–H and O–H groups in total. The third-order valence-electron chi connectivity index (χ3n) is 3.87. The number of aliphatic carboxylic acids is 1. The molecule has 0 spiro atoms. The number of rotatable bonds is 9. The van der Waals surface area contributed by atoms with Crippen molar-refractivity contribution in [2.45, 2.75) is 52.2 Å². The number of carboxylic acid groups (broad SMARTS) is 1. The minimum atomic E-state index is -0.827. The maximum Gasteiger partial charge on any atom is 0.303 e. The summed E-state index contributed by atoms with van der Waals surface area (Å²) < 4.78 is 5.89.